The first-order valence-corrected chi connectivity index (χ1v) is 9.88. The van der Waals surface area contributed by atoms with E-state index in [4.69, 9.17) is 0 Å². The van der Waals surface area contributed by atoms with Gasteiger partial charge in [-0.3, -0.25) is 9.59 Å². The molecule has 0 spiro atoms. The van der Waals surface area contributed by atoms with E-state index < -0.39 is 0 Å². The molecular weight excluding hydrogens is 350 g/mol. The summed E-state index contributed by atoms with van der Waals surface area (Å²) >= 11 is 0. The van der Waals surface area contributed by atoms with Crippen LogP contribution in [0.2, 0.25) is 0 Å². The first kappa shape index (κ1) is 19.8. The van der Waals surface area contributed by atoms with Crippen LogP contribution in [0.15, 0.2) is 65.8 Å². The zero-order valence-corrected chi connectivity index (χ0v) is 16.3. The van der Waals surface area contributed by atoms with Crippen molar-refractivity contribution in [2.24, 2.45) is 5.10 Å². The van der Waals surface area contributed by atoms with Crippen molar-refractivity contribution < 1.29 is 9.59 Å². The van der Waals surface area contributed by atoms with E-state index in [1.807, 2.05) is 55.5 Å². The smallest absolute Gasteiger partial charge is 0.243 e. The maximum atomic E-state index is 12.3. The number of amides is 2. The topological polar surface area (TPSA) is 61.8 Å². The van der Waals surface area contributed by atoms with Gasteiger partial charge >= 0.3 is 0 Å². The second-order valence-corrected chi connectivity index (χ2v) is 7.17. The third-order valence-corrected chi connectivity index (χ3v) is 4.88. The number of hydrazone groups is 1. The normalized spacial score (nSPS) is 15.1. The highest BCUT2D eigenvalue weighted by atomic mass is 16.2. The van der Waals surface area contributed by atoms with Crippen LogP contribution in [0.5, 0.6) is 0 Å². The average molecular weight is 377 g/mol. The lowest BCUT2D eigenvalue weighted by Gasteiger charge is -2.24. The molecular formula is C23H27N3O2. The van der Waals surface area contributed by atoms with E-state index >= 15 is 0 Å². The van der Waals surface area contributed by atoms with Gasteiger partial charge in [-0.05, 0) is 30.9 Å². The summed E-state index contributed by atoms with van der Waals surface area (Å²) in [7, 11) is 0. The molecule has 1 N–H and O–H groups in total. The number of rotatable bonds is 8. The molecule has 1 atom stereocenters. The van der Waals surface area contributed by atoms with Crippen LogP contribution < -0.4 is 5.32 Å². The molecule has 2 amide bonds. The summed E-state index contributed by atoms with van der Waals surface area (Å²) in [6, 6.07) is 20.2. The number of hydrogen-bond acceptors (Lipinski definition) is 3. The Morgan fingerprint density at radius 2 is 1.75 bits per heavy atom. The molecule has 5 nitrogen and oxygen atoms in total. The van der Waals surface area contributed by atoms with Gasteiger partial charge < -0.3 is 5.32 Å². The summed E-state index contributed by atoms with van der Waals surface area (Å²) in [5.41, 5.74) is 3.20. The maximum absolute atomic E-state index is 12.3. The van der Waals surface area contributed by atoms with E-state index in [1.165, 1.54) is 10.6 Å². The number of nitrogens with zero attached hydrogens (tertiary/aromatic N) is 2. The number of nitrogens with one attached hydrogen (secondary N) is 1. The fourth-order valence-corrected chi connectivity index (χ4v) is 3.27. The minimum absolute atomic E-state index is 0.0235. The highest BCUT2D eigenvalue weighted by molar-refractivity contribution is 6.04. The number of hydrogen-bond donors (Lipinski definition) is 1. The van der Waals surface area contributed by atoms with Gasteiger partial charge in [-0.1, -0.05) is 60.7 Å². The van der Waals surface area contributed by atoms with Crippen molar-refractivity contribution in [2.75, 3.05) is 6.54 Å². The van der Waals surface area contributed by atoms with Crippen LogP contribution in [-0.4, -0.2) is 35.1 Å². The molecule has 0 bridgehead atoms. The molecule has 0 saturated carbocycles. The molecule has 0 aromatic heterocycles. The average Bonchev–Trinajstić information content (AvgIpc) is 2.73. The fraction of sp³-hybridized carbons (Fsp3) is 0.348. The molecule has 2 aromatic carbocycles. The predicted octanol–water partition coefficient (Wildman–Crippen LogP) is 3.54. The molecule has 0 aliphatic carbocycles. The van der Waals surface area contributed by atoms with Gasteiger partial charge in [0.05, 0.1) is 12.3 Å². The SMILES string of the molecule is C[C@H](CCc1ccccc1)NC(=O)CCN1N=C(c2ccccc2)CCC1=O. The van der Waals surface area contributed by atoms with E-state index in [9.17, 15) is 9.59 Å². The van der Waals surface area contributed by atoms with Gasteiger partial charge in [0, 0.05) is 25.3 Å². The van der Waals surface area contributed by atoms with Gasteiger partial charge in [0.1, 0.15) is 0 Å². The van der Waals surface area contributed by atoms with Gasteiger partial charge in [0.2, 0.25) is 11.8 Å². The summed E-state index contributed by atoms with van der Waals surface area (Å²) in [6.07, 6.45) is 3.14. The largest absolute Gasteiger partial charge is 0.354 e. The lowest BCUT2D eigenvalue weighted by atomic mass is 10.0. The Balaban J connectivity index is 1.47. The van der Waals surface area contributed by atoms with Crippen molar-refractivity contribution in [2.45, 2.75) is 45.1 Å². The summed E-state index contributed by atoms with van der Waals surface area (Å²) in [6.45, 7) is 2.32. The molecule has 5 heteroatoms. The highest BCUT2D eigenvalue weighted by Gasteiger charge is 2.22. The number of benzene rings is 2. The molecule has 0 saturated heterocycles. The van der Waals surface area contributed by atoms with E-state index in [0.717, 1.165) is 24.1 Å². The van der Waals surface area contributed by atoms with Crippen molar-refractivity contribution in [3.63, 3.8) is 0 Å². The summed E-state index contributed by atoms with van der Waals surface area (Å²) in [5, 5.41) is 8.95. The summed E-state index contributed by atoms with van der Waals surface area (Å²) in [4.78, 5) is 24.4. The zero-order valence-electron chi connectivity index (χ0n) is 16.3. The Hall–Kier alpha value is -2.95. The lowest BCUT2D eigenvalue weighted by Crippen LogP contribution is -2.38. The van der Waals surface area contributed by atoms with E-state index in [2.05, 4.69) is 22.6 Å². The second-order valence-electron chi connectivity index (χ2n) is 7.17. The van der Waals surface area contributed by atoms with Gasteiger partial charge in [0.25, 0.3) is 0 Å². The Morgan fingerprint density at radius 1 is 1.07 bits per heavy atom. The van der Waals surface area contributed by atoms with Gasteiger partial charge in [-0.15, -0.1) is 0 Å². The second kappa shape index (κ2) is 9.83. The third kappa shape index (κ3) is 5.78. The van der Waals surface area contributed by atoms with E-state index in [-0.39, 0.29) is 24.3 Å². The molecule has 2 aromatic rings. The molecule has 1 heterocycles. The standard InChI is InChI=1S/C23H27N3O2/c1-18(12-13-19-8-4-2-5-9-19)24-22(27)16-17-26-23(28)15-14-21(25-26)20-10-6-3-7-11-20/h2-11,18H,12-17H2,1H3,(H,24,27)/t18-/m1/s1. The van der Waals surface area contributed by atoms with Gasteiger partial charge in [0.15, 0.2) is 0 Å². The van der Waals surface area contributed by atoms with Crippen molar-refractivity contribution in [3.8, 4) is 0 Å². The number of carbonyl (C=O) groups excluding carboxylic acids is 2. The number of carbonyl (C=O) groups is 2. The van der Waals surface area contributed by atoms with Gasteiger partial charge in [-0.25, -0.2) is 5.01 Å². The van der Waals surface area contributed by atoms with Crippen LogP contribution in [0.4, 0.5) is 0 Å². The van der Waals surface area contributed by atoms with Gasteiger partial charge in [-0.2, -0.15) is 5.10 Å². The first-order valence-electron chi connectivity index (χ1n) is 9.88. The maximum Gasteiger partial charge on any atom is 0.243 e. The molecule has 1 aliphatic heterocycles. The van der Waals surface area contributed by atoms with E-state index in [1.54, 1.807) is 0 Å². The monoisotopic (exact) mass is 377 g/mol. The fourth-order valence-electron chi connectivity index (χ4n) is 3.27. The summed E-state index contributed by atoms with van der Waals surface area (Å²) in [5.74, 6) is -0.0694. The van der Waals surface area contributed by atoms with Crippen molar-refractivity contribution in [1.82, 2.24) is 10.3 Å². The molecule has 28 heavy (non-hydrogen) atoms. The molecule has 0 radical (unpaired) electrons. The van der Waals surface area contributed by atoms with Crippen LogP contribution >= 0.6 is 0 Å². The van der Waals surface area contributed by atoms with Crippen molar-refractivity contribution in [3.05, 3.63) is 71.8 Å². The number of aryl methyl sites for hydroxylation is 1. The molecule has 3 rings (SSSR count). The van der Waals surface area contributed by atoms with Crippen LogP contribution in [0.3, 0.4) is 0 Å². The first-order chi connectivity index (χ1) is 13.6. The zero-order chi connectivity index (χ0) is 19.8. The third-order valence-electron chi connectivity index (χ3n) is 4.88. The Labute approximate surface area is 166 Å². The molecule has 0 unspecified atom stereocenters. The Bertz CT molecular complexity index is 818. The minimum atomic E-state index is -0.0459. The van der Waals surface area contributed by atoms with Crippen LogP contribution in [-0.2, 0) is 16.0 Å². The molecule has 1 aliphatic rings. The molecule has 146 valence electrons. The Kier molecular flexibility index (Phi) is 6.95. The van der Waals surface area contributed by atoms with E-state index in [0.29, 0.717) is 19.4 Å². The predicted molar refractivity (Wildman–Crippen MR) is 111 cm³/mol. The van der Waals surface area contributed by atoms with Crippen LogP contribution in [0.1, 0.15) is 43.7 Å². The highest BCUT2D eigenvalue weighted by Crippen LogP contribution is 2.15. The summed E-state index contributed by atoms with van der Waals surface area (Å²) < 4.78 is 0. The Morgan fingerprint density at radius 3 is 2.46 bits per heavy atom. The van der Waals surface area contributed by atoms with Crippen molar-refractivity contribution >= 4 is 17.5 Å². The van der Waals surface area contributed by atoms with Crippen LogP contribution in [0, 0.1) is 0 Å². The van der Waals surface area contributed by atoms with Crippen LogP contribution in [0.25, 0.3) is 0 Å². The van der Waals surface area contributed by atoms with Crippen molar-refractivity contribution in [1.29, 1.82) is 0 Å². The quantitative estimate of drug-likeness (QED) is 0.765. The lowest BCUT2D eigenvalue weighted by molar-refractivity contribution is -0.132. The minimum Gasteiger partial charge on any atom is -0.354 e. The molecule has 0 fully saturated rings.